The maximum Gasteiger partial charge on any atom is 0.234 e. The molecule has 2 N–H and O–H groups in total. The first-order valence-corrected chi connectivity index (χ1v) is 9.71. The number of hydrogen-bond donors (Lipinski definition) is 2. The van der Waals surface area contributed by atoms with Crippen molar-refractivity contribution in [3.63, 3.8) is 0 Å². The lowest BCUT2D eigenvalue weighted by Gasteiger charge is -2.05. The average molecular weight is 363 g/mol. The van der Waals surface area contributed by atoms with E-state index < -0.39 is 0 Å². The van der Waals surface area contributed by atoms with E-state index in [1.54, 1.807) is 6.08 Å². The second-order valence-corrected chi connectivity index (χ2v) is 7.38. The average Bonchev–Trinajstić information content (AvgIpc) is 3.05. The summed E-state index contributed by atoms with van der Waals surface area (Å²) in [5.74, 6) is 0.269. The Morgan fingerprint density at radius 1 is 1.33 bits per heavy atom. The van der Waals surface area contributed by atoms with Crippen LogP contribution in [-0.4, -0.2) is 28.4 Å². The third kappa shape index (κ3) is 6.33. The van der Waals surface area contributed by atoms with Crippen LogP contribution in [0.3, 0.4) is 0 Å². The number of amides is 1. The van der Waals surface area contributed by atoms with E-state index in [1.807, 2.05) is 12.1 Å². The summed E-state index contributed by atoms with van der Waals surface area (Å²) >= 11 is 2.82. The number of aromatic nitrogens is 2. The van der Waals surface area contributed by atoms with E-state index >= 15 is 0 Å². The van der Waals surface area contributed by atoms with Gasteiger partial charge < -0.3 is 10.6 Å². The summed E-state index contributed by atoms with van der Waals surface area (Å²) in [6.07, 6.45) is 5.22. The van der Waals surface area contributed by atoms with Gasteiger partial charge in [-0.05, 0) is 30.5 Å². The van der Waals surface area contributed by atoms with Crippen LogP contribution in [0.15, 0.2) is 41.3 Å². The number of unbranched alkanes of at least 4 members (excludes halogenated alkanes) is 1. The lowest BCUT2D eigenvalue weighted by molar-refractivity contribution is -0.113. The van der Waals surface area contributed by atoms with Gasteiger partial charge in [0.15, 0.2) is 4.34 Å². The quantitative estimate of drug-likeness (QED) is 0.489. The number of hydrogen-bond acceptors (Lipinski definition) is 6. The molecule has 0 saturated carbocycles. The van der Waals surface area contributed by atoms with E-state index in [2.05, 4.69) is 46.5 Å². The van der Waals surface area contributed by atoms with Gasteiger partial charge in [0, 0.05) is 12.2 Å². The van der Waals surface area contributed by atoms with Gasteiger partial charge in [-0.25, -0.2) is 0 Å². The molecular weight excluding hydrogens is 340 g/mol. The molecule has 1 amide bonds. The number of thioether (sulfide) groups is 1. The molecule has 1 heterocycles. The van der Waals surface area contributed by atoms with Gasteiger partial charge in [-0.2, -0.15) is 0 Å². The molecule has 0 aliphatic heterocycles. The zero-order valence-corrected chi connectivity index (χ0v) is 15.4. The van der Waals surface area contributed by atoms with Gasteiger partial charge >= 0.3 is 0 Å². The summed E-state index contributed by atoms with van der Waals surface area (Å²) in [6.45, 7) is 6.47. The molecule has 1 aromatic carbocycles. The van der Waals surface area contributed by atoms with Gasteiger partial charge in [-0.3, -0.25) is 4.79 Å². The standard InChI is InChI=1S/C17H22N4OS2/c1-3-5-6-13-7-9-14(10-8-13)19-15(22)12-23-17-21-20-16(24-17)18-11-4-2/h4,7-10H,2-3,5-6,11-12H2,1H3,(H,18,20)(H,19,22). The Bertz CT molecular complexity index is 655. The molecule has 2 rings (SSSR count). The highest BCUT2D eigenvalue weighted by atomic mass is 32.2. The highest BCUT2D eigenvalue weighted by Crippen LogP contribution is 2.25. The van der Waals surface area contributed by atoms with Crippen molar-refractivity contribution < 1.29 is 4.79 Å². The fraction of sp³-hybridized carbons (Fsp3) is 0.353. The molecule has 1 aromatic heterocycles. The maximum absolute atomic E-state index is 12.0. The summed E-state index contributed by atoms with van der Waals surface area (Å²) in [7, 11) is 0. The number of carbonyl (C=O) groups is 1. The predicted octanol–water partition coefficient (Wildman–Crippen LogP) is 4.21. The molecule has 0 aliphatic rings. The lowest BCUT2D eigenvalue weighted by atomic mass is 10.1. The fourth-order valence-electron chi connectivity index (χ4n) is 1.96. The minimum absolute atomic E-state index is 0.0443. The van der Waals surface area contributed by atoms with Gasteiger partial charge in [0.1, 0.15) is 0 Å². The first kappa shape index (κ1) is 18.5. The van der Waals surface area contributed by atoms with Gasteiger partial charge in [-0.15, -0.1) is 16.8 Å². The van der Waals surface area contributed by atoms with Crippen molar-refractivity contribution in [1.29, 1.82) is 0 Å². The smallest absolute Gasteiger partial charge is 0.234 e. The number of rotatable bonds is 10. The largest absolute Gasteiger partial charge is 0.357 e. The molecule has 0 atom stereocenters. The molecule has 0 bridgehead atoms. The van der Waals surface area contributed by atoms with Crippen LogP contribution in [-0.2, 0) is 11.2 Å². The van der Waals surface area contributed by atoms with Crippen LogP contribution in [0.5, 0.6) is 0 Å². The Labute approximate surface area is 151 Å². The zero-order valence-electron chi connectivity index (χ0n) is 13.7. The number of nitrogens with zero attached hydrogens (tertiary/aromatic N) is 2. The van der Waals surface area contributed by atoms with E-state index in [9.17, 15) is 4.79 Å². The molecule has 0 saturated heterocycles. The molecule has 0 radical (unpaired) electrons. The third-order valence-corrected chi connectivity index (χ3v) is 5.20. The molecule has 2 aromatic rings. The summed E-state index contributed by atoms with van der Waals surface area (Å²) in [5, 5.41) is 14.8. The second-order valence-electron chi connectivity index (χ2n) is 5.18. The predicted molar refractivity (Wildman–Crippen MR) is 103 cm³/mol. The topological polar surface area (TPSA) is 66.9 Å². The number of nitrogens with one attached hydrogen (secondary N) is 2. The number of carbonyl (C=O) groups excluding carboxylic acids is 1. The summed E-state index contributed by atoms with van der Waals surface area (Å²) in [6, 6.07) is 8.05. The molecule has 0 fully saturated rings. The highest BCUT2D eigenvalue weighted by molar-refractivity contribution is 8.01. The van der Waals surface area contributed by atoms with Crippen molar-refractivity contribution in [3.8, 4) is 0 Å². The van der Waals surface area contributed by atoms with Gasteiger partial charge in [-0.1, -0.05) is 54.7 Å². The highest BCUT2D eigenvalue weighted by Gasteiger charge is 2.08. The molecule has 7 heteroatoms. The van der Waals surface area contributed by atoms with E-state index in [1.165, 1.54) is 41.5 Å². The maximum atomic E-state index is 12.0. The number of benzene rings is 1. The Morgan fingerprint density at radius 3 is 2.83 bits per heavy atom. The monoisotopic (exact) mass is 362 g/mol. The lowest BCUT2D eigenvalue weighted by Crippen LogP contribution is -2.13. The van der Waals surface area contributed by atoms with Crippen LogP contribution < -0.4 is 10.6 Å². The van der Waals surface area contributed by atoms with Crippen LogP contribution in [0.4, 0.5) is 10.8 Å². The van der Waals surface area contributed by atoms with Crippen molar-refractivity contribution in [2.45, 2.75) is 30.5 Å². The Morgan fingerprint density at radius 2 is 2.12 bits per heavy atom. The second kappa shape index (κ2) is 10.1. The summed E-state index contributed by atoms with van der Waals surface area (Å²) in [4.78, 5) is 12.0. The molecule has 0 unspecified atom stereocenters. The van der Waals surface area contributed by atoms with Gasteiger partial charge in [0.25, 0.3) is 0 Å². The van der Waals surface area contributed by atoms with Crippen molar-refractivity contribution in [2.75, 3.05) is 22.9 Å². The van der Waals surface area contributed by atoms with Crippen LogP contribution in [0.2, 0.25) is 0 Å². The molecule has 24 heavy (non-hydrogen) atoms. The SMILES string of the molecule is C=CCNc1nnc(SCC(=O)Nc2ccc(CCCC)cc2)s1. The zero-order chi connectivity index (χ0) is 17.2. The Hall–Kier alpha value is -1.86. The molecule has 128 valence electrons. The van der Waals surface area contributed by atoms with Crippen molar-refractivity contribution >= 4 is 39.8 Å². The first-order valence-electron chi connectivity index (χ1n) is 7.91. The molecule has 0 aliphatic carbocycles. The number of anilines is 2. The van der Waals surface area contributed by atoms with E-state index in [0.29, 0.717) is 12.3 Å². The van der Waals surface area contributed by atoms with Crippen LogP contribution >= 0.6 is 23.1 Å². The van der Waals surface area contributed by atoms with Crippen molar-refractivity contribution in [2.24, 2.45) is 0 Å². The van der Waals surface area contributed by atoms with Crippen LogP contribution in [0, 0.1) is 0 Å². The van der Waals surface area contributed by atoms with Crippen molar-refractivity contribution in [1.82, 2.24) is 10.2 Å². The van der Waals surface area contributed by atoms with E-state index in [4.69, 9.17) is 0 Å². The summed E-state index contributed by atoms with van der Waals surface area (Å²) in [5.41, 5.74) is 2.13. The van der Waals surface area contributed by atoms with Crippen LogP contribution in [0.1, 0.15) is 25.3 Å². The minimum Gasteiger partial charge on any atom is -0.357 e. The Kier molecular flexibility index (Phi) is 7.77. The normalized spacial score (nSPS) is 10.4. The number of aryl methyl sites for hydroxylation is 1. The third-order valence-electron chi connectivity index (χ3n) is 3.19. The summed E-state index contributed by atoms with van der Waals surface area (Å²) < 4.78 is 0.770. The Balaban J connectivity index is 1.76. The molecular formula is C17H22N4OS2. The van der Waals surface area contributed by atoms with E-state index in [-0.39, 0.29) is 5.91 Å². The minimum atomic E-state index is -0.0443. The van der Waals surface area contributed by atoms with Gasteiger partial charge in [0.2, 0.25) is 11.0 Å². The molecule has 0 spiro atoms. The van der Waals surface area contributed by atoms with Crippen molar-refractivity contribution in [3.05, 3.63) is 42.5 Å². The molecule has 5 nitrogen and oxygen atoms in total. The first-order chi connectivity index (χ1) is 11.7. The van der Waals surface area contributed by atoms with E-state index in [0.717, 1.165) is 21.6 Å². The fourth-order valence-corrected chi connectivity index (χ4v) is 3.52. The van der Waals surface area contributed by atoms with Gasteiger partial charge in [0.05, 0.1) is 5.75 Å². The van der Waals surface area contributed by atoms with Crippen LogP contribution in [0.25, 0.3) is 0 Å².